The van der Waals surface area contributed by atoms with Gasteiger partial charge in [-0.25, -0.2) is 4.79 Å². The van der Waals surface area contributed by atoms with E-state index >= 15 is 0 Å². The van der Waals surface area contributed by atoms with Gasteiger partial charge in [-0.3, -0.25) is 4.79 Å². The summed E-state index contributed by atoms with van der Waals surface area (Å²) in [5, 5.41) is 14.5. The van der Waals surface area contributed by atoms with Crippen LogP contribution in [-0.2, 0) is 11.3 Å². The minimum absolute atomic E-state index is 0.0591. The molecule has 0 aliphatic carbocycles. The molecule has 1 atom stereocenters. The van der Waals surface area contributed by atoms with Gasteiger partial charge in [0.05, 0.1) is 46.0 Å². The molecule has 0 fully saturated rings. The first-order valence-corrected chi connectivity index (χ1v) is 13.0. The topological polar surface area (TPSA) is 126 Å². The highest BCUT2D eigenvalue weighted by atomic mass is 16.5. The number of fused-ring (bicyclic) bond motifs is 1. The molecule has 0 saturated heterocycles. The number of rotatable bonds is 12. The maximum Gasteiger partial charge on any atom is 0.343 e. The lowest BCUT2D eigenvalue weighted by molar-refractivity contribution is -0.121. The third kappa shape index (κ3) is 6.16. The maximum atomic E-state index is 13.4. The Morgan fingerprint density at radius 1 is 0.902 bits per heavy atom. The third-order valence-corrected chi connectivity index (χ3v) is 6.66. The van der Waals surface area contributed by atoms with Crippen LogP contribution in [0.5, 0.6) is 34.5 Å². The number of carbonyl (C=O) groups excluding carboxylic acids is 1. The number of carbonyl (C=O) groups is 1. The molecule has 1 amide bonds. The van der Waals surface area contributed by atoms with Gasteiger partial charge in [-0.15, -0.1) is 0 Å². The fourth-order valence-corrected chi connectivity index (χ4v) is 4.70. The second-order valence-corrected chi connectivity index (χ2v) is 9.06. The molecule has 216 valence electrons. The zero-order valence-electron chi connectivity index (χ0n) is 23.6. The fourth-order valence-electron chi connectivity index (χ4n) is 4.70. The van der Waals surface area contributed by atoms with Crippen LogP contribution < -0.4 is 34.6 Å². The Hall–Kier alpha value is -4.86. The van der Waals surface area contributed by atoms with Crippen LogP contribution in [0, 0.1) is 0 Å². The third-order valence-electron chi connectivity index (χ3n) is 6.66. The fraction of sp³-hybridized carbons (Fsp3) is 0.290. The van der Waals surface area contributed by atoms with E-state index in [0.717, 1.165) is 5.56 Å². The van der Waals surface area contributed by atoms with Crippen LogP contribution >= 0.6 is 0 Å². The normalized spacial score (nSPS) is 11.5. The monoisotopic (exact) mass is 563 g/mol. The van der Waals surface area contributed by atoms with Crippen molar-refractivity contribution in [3.63, 3.8) is 0 Å². The van der Waals surface area contributed by atoms with Crippen molar-refractivity contribution in [3.8, 4) is 34.5 Å². The highest BCUT2D eigenvalue weighted by Crippen LogP contribution is 2.43. The molecule has 2 N–H and O–H groups in total. The van der Waals surface area contributed by atoms with Gasteiger partial charge in [-0.2, -0.15) is 0 Å². The molecule has 41 heavy (non-hydrogen) atoms. The van der Waals surface area contributed by atoms with Gasteiger partial charge in [0, 0.05) is 18.9 Å². The van der Waals surface area contributed by atoms with Crippen molar-refractivity contribution < 1.29 is 38.0 Å². The number of para-hydroxylation sites is 1. The molecule has 0 aliphatic heterocycles. The van der Waals surface area contributed by atoms with E-state index in [1.54, 1.807) is 55.6 Å². The van der Waals surface area contributed by atoms with Gasteiger partial charge >= 0.3 is 5.63 Å². The number of nitrogens with one attached hydrogen (secondary N) is 1. The smallest absolute Gasteiger partial charge is 0.343 e. The van der Waals surface area contributed by atoms with Crippen LogP contribution in [0.15, 0.2) is 63.8 Å². The molecular formula is C31H33NO9. The molecule has 0 unspecified atom stereocenters. The van der Waals surface area contributed by atoms with E-state index in [0.29, 0.717) is 46.3 Å². The number of ether oxygens (including phenoxy) is 5. The zero-order valence-corrected chi connectivity index (χ0v) is 23.6. The lowest BCUT2D eigenvalue weighted by Crippen LogP contribution is -2.26. The van der Waals surface area contributed by atoms with Crippen LogP contribution in [0.25, 0.3) is 11.0 Å². The number of hydrogen-bond donors (Lipinski definition) is 2. The number of hydrogen-bond acceptors (Lipinski definition) is 9. The van der Waals surface area contributed by atoms with Crippen LogP contribution in [0.1, 0.15) is 36.0 Å². The number of methoxy groups -OCH3 is 4. The Morgan fingerprint density at radius 2 is 1.59 bits per heavy atom. The van der Waals surface area contributed by atoms with E-state index in [4.69, 9.17) is 28.1 Å². The number of amides is 1. The molecule has 3 aromatic carbocycles. The predicted molar refractivity (Wildman–Crippen MR) is 153 cm³/mol. The molecule has 10 heteroatoms. The summed E-state index contributed by atoms with van der Waals surface area (Å²) < 4.78 is 33.0. The second kappa shape index (κ2) is 13.0. The summed E-state index contributed by atoms with van der Waals surface area (Å²) in [4.78, 5) is 26.6. The lowest BCUT2D eigenvalue weighted by atomic mass is 9.87. The van der Waals surface area contributed by atoms with Crippen LogP contribution in [-0.4, -0.2) is 46.1 Å². The Kier molecular flexibility index (Phi) is 9.23. The van der Waals surface area contributed by atoms with E-state index in [-0.39, 0.29) is 35.8 Å². The molecule has 4 rings (SSSR count). The van der Waals surface area contributed by atoms with Crippen molar-refractivity contribution in [1.29, 1.82) is 0 Å². The molecule has 0 saturated carbocycles. The molecule has 0 spiro atoms. The molecule has 0 bridgehead atoms. The van der Waals surface area contributed by atoms with E-state index in [9.17, 15) is 14.7 Å². The molecule has 0 radical (unpaired) electrons. The van der Waals surface area contributed by atoms with Crippen molar-refractivity contribution in [1.82, 2.24) is 5.32 Å². The summed E-state index contributed by atoms with van der Waals surface area (Å²) >= 11 is 0. The summed E-state index contributed by atoms with van der Waals surface area (Å²) in [5.41, 5.74) is 0.688. The second-order valence-electron chi connectivity index (χ2n) is 9.06. The molecule has 1 aromatic heterocycles. The minimum atomic E-state index is -0.917. The first-order valence-electron chi connectivity index (χ1n) is 13.0. The average Bonchev–Trinajstić information content (AvgIpc) is 2.99. The van der Waals surface area contributed by atoms with Gasteiger partial charge in [0.25, 0.3) is 0 Å². The Bertz CT molecular complexity index is 1570. The molecule has 0 aliphatic rings. The Morgan fingerprint density at radius 3 is 2.22 bits per heavy atom. The van der Waals surface area contributed by atoms with E-state index in [2.05, 4.69) is 5.32 Å². The summed E-state index contributed by atoms with van der Waals surface area (Å²) in [5.74, 6) is 0.612. The van der Waals surface area contributed by atoms with Gasteiger partial charge in [-0.05, 0) is 54.4 Å². The minimum Gasteiger partial charge on any atom is -0.507 e. The van der Waals surface area contributed by atoms with E-state index in [1.165, 1.54) is 21.3 Å². The van der Waals surface area contributed by atoms with E-state index in [1.807, 2.05) is 13.0 Å². The first kappa shape index (κ1) is 29.1. The van der Waals surface area contributed by atoms with Crippen molar-refractivity contribution in [3.05, 3.63) is 81.7 Å². The van der Waals surface area contributed by atoms with Gasteiger partial charge in [0.2, 0.25) is 11.7 Å². The summed E-state index contributed by atoms with van der Waals surface area (Å²) in [6, 6.07) is 15.3. The highest BCUT2D eigenvalue weighted by Gasteiger charge is 2.29. The largest absolute Gasteiger partial charge is 0.507 e. The molecule has 10 nitrogen and oxygen atoms in total. The summed E-state index contributed by atoms with van der Waals surface area (Å²) in [6.45, 7) is 2.53. The molecular weight excluding hydrogens is 530 g/mol. The van der Waals surface area contributed by atoms with Crippen LogP contribution in [0.2, 0.25) is 0 Å². The summed E-state index contributed by atoms with van der Waals surface area (Å²) in [7, 11) is 5.97. The van der Waals surface area contributed by atoms with Crippen LogP contribution in [0.3, 0.4) is 0 Å². The quantitative estimate of drug-likeness (QED) is 0.235. The Balaban J connectivity index is 1.74. The van der Waals surface area contributed by atoms with Crippen molar-refractivity contribution >= 4 is 16.9 Å². The average molecular weight is 564 g/mol. The molecule has 1 heterocycles. The van der Waals surface area contributed by atoms with Crippen molar-refractivity contribution in [2.75, 3.05) is 35.0 Å². The van der Waals surface area contributed by atoms with Gasteiger partial charge in [-0.1, -0.05) is 18.2 Å². The standard InChI is InChI=1S/C31H33NO9/c1-6-40-24-13-18(11-12-23(24)36-2)17-32-27(33)16-21(19-14-25(37-3)30(39-5)26(15-19)38-4)28-29(34)20-9-7-8-10-22(20)41-31(28)35/h7-15,21,34H,6,16-17H2,1-5H3,(H,32,33)/t21-/m0/s1. The number of benzene rings is 3. The van der Waals surface area contributed by atoms with Gasteiger partial charge < -0.3 is 38.5 Å². The van der Waals surface area contributed by atoms with E-state index < -0.39 is 11.5 Å². The van der Waals surface area contributed by atoms with Crippen LogP contribution in [0.4, 0.5) is 0 Å². The lowest BCUT2D eigenvalue weighted by Gasteiger charge is -2.21. The van der Waals surface area contributed by atoms with Crippen molar-refractivity contribution in [2.45, 2.75) is 25.8 Å². The van der Waals surface area contributed by atoms with Crippen molar-refractivity contribution in [2.24, 2.45) is 0 Å². The SMILES string of the molecule is CCOc1cc(CNC(=O)C[C@@H](c2cc(OC)c(OC)c(OC)c2)c2c(O)c3ccccc3oc2=O)ccc1OC. The first-order chi connectivity index (χ1) is 19.8. The van der Waals surface area contributed by atoms with Gasteiger partial charge in [0.15, 0.2) is 23.0 Å². The maximum absolute atomic E-state index is 13.4. The highest BCUT2D eigenvalue weighted by molar-refractivity contribution is 5.85. The summed E-state index contributed by atoms with van der Waals surface area (Å²) in [6.07, 6.45) is -0.191. The number of aromatic hydroxyl groups is 1. The zero-order chi connectivity index (χ0) is 29.5. The predicted octanol–water partition coefficient (Wildman–Crippen LogP) is 4.77. The Labute approximate surface area is 237 Å². The molecule has 4 aromatic rings. The van der Waals surface area contributed by atoms with Gasteiger partial charge in [0.1, 0.15) is 11.3 Å².